The number of benzene rings is 1. The molecule has 0 spiro atoms. The van der Waals surface area contributed by atoms with Crippen LogP contribution in [0.4, 0.5) is 13.6 Å². The van der Waals surface area contributed by atoms with E-state index in [2.05, 4.69) is 10.6 Å². The molecule has 0 radical (unpaired) electrons. The molecule has 1 aromatic rings. The second kappa shape index (κ2) is 8.08. The number of amides is 2. The minimum absolute atomic E-state index is 0.0666. The Morgan fingerprint density at radius 1 is 1.32 bits per heavy atom. The smallest absolute Gasteiger partial charge is 0.314 e. The van der Waals surface area contributed by atoms with Gasteiger partial charge in [-0.1, -0.05) is 26.8 Å². The van der Waals surface area contributed by atoms with E-state index in [0.29, 0.717) is 18.5 Å². The number of halogens is 2. The van der Waals surface area contributed by atoms with Gasteiger partial charge in [-0.05, 0) is 23.5 Å². The molecule has 4 nitrogen and oxygen atoms in total. The van der Waals surface area contributed by atoms with Crippen LogP contribution in [0.15, 0.2) is 18.2 Å². The van der Waals surface area contributed by atoms with Crippen molar-refractivity contribution in [3.63, 3.8) is 0 Å². The average Bonchev–Trinajstić information content (AvgIpc) is 2.42. The monoisotopic (exact) mass is 314 g/mol. The molecule has 0 saturated carbocycles. The molecule has 0 aliphatic heterocycles. The third-order valence-electron chi connectivity index (χ3n) is 3.58. The summed E-state index contributed by atoms with van der Waals surface area (Å²) in [6.45, 7) is 6.39. The molecular formula is C16H24F2N2O2. The quantitative estimate of drug-likeness (QED) is 0.725. The topological polar surface area (TPSA) is 61.4 Å². The number of aliphatic hydroxyl groups is 1. The van der Waals surface area contributed by atoms with Crippen LogP contribution in [0.5, 0.6) is 0 Å². The van der Waals surface area contributed by atoms with Crippen molar-refractivity contribution in [3.05, 3.63) is 35.4 Å². The summed E-state index contributed by atoms with van der Waals surface area (Å²) in [5.74, 6) is -1.50. The van der Waals surface area contributed by atoms with Crippen molar-refractivity contribution in [3.8, 4) is 0 Å². The van der Waals surface area contributed by atoms with Crippen molar-refractivity contribution in [1.29, 1.82) is 0 Å². The second-order valence-corrected chi connectivity index (χ2v) is 6.27. The lowest BCUT2D eigenvalue weighted by Gasteiger charge is -2.24. The van der Waals surface area contributed by atoms with E-state index in [0.717, 1.165) is 6.07 Å². The van der Waals surface area contributed by atoms with Gasteiger partial charge < -0.3 is 15.7 Å². The molecule has 0 aliphatic rings. The number of urea groups is 1. The van der Waals surface area contributed by atoms with Crippen molar-refractivity contribution >= 4 is 6.03 Å². The van der Waals surface area contributed by atoms with E-state index in [1.54, 1.807) is 6.92 Å². The van der Waals surface area contributed by atoms with Gasteiger partial charge in [0.25, 0.3) is 0 Å². The summed E-state index contributed by atoms with van der Waals surface area (Å²) in [4.78, 5) is 11.7. The summed E-state index contributed by atoms with van der Waals surface area (Å²) in [6, 6.07) is 3.08. The van der Waals surface area contributed by atoms with Crippen molar-refractivity contribution in [2.75, 3.05) is 19.7 Å². The molecule has 1 atom stereocenters. The number of hydrogen-bond acceptors (Lipinski definition) is 2. The van der Waals surface area contributed by atoms with Gasteiger partial charge in [-0.3, -0.25) is 0 Å². The zero-order chi connectivity index (χ0) is 16.8. The van der Waals surface area contributed by atoms with E-state index in [1.165, 1.54) is 12.1 Å². The predicted molar refractivity (Wildman–Crippen MR) is 81.7 cm³/mol. The van der Waals surface area contributed by atoms with E-state index in [4.69, 9.17) is 5.11 Å². The lowest BCUT2D eigenvalue weighted by molar-refractivity contribution is 0.201. The normalized spacial score (nSPS) is 12.8. The molecule has 0 bridgehead atoms. The van der Waals surface area contributed by atoms with Crippen LogP contribution in [-0.2, 0) is 0 Å². The highest BCUT2D eigenvalue weighted by Gasteiger charge is 2.18. The minimum Gasteiger partial charge on any atom is -0.396 e. The molecule has 0 fully saturated rings. The molecule has 3 N–H and O–H groups in total. The summed E-state index contributed by atoms with van der Waals surface area (Å²) < 4.78 is 26.5. The molecule has 2 amide bonds. The summed E-state index contributed by atoms with van der Waals surface area (Å²) in [7, 11) is 0. The zero-order valence-electron chi connectivity index (χ0n) is 13.2. The van der Waals surface area contributed by atoms with Crippen molar-refractivity contribution < 1.29 is 18.7 Å². The highest BCUT2D eigenvalue weighted by Crippen LogP contribution is 2.19. The molecular weight excluding hydrogens is 290 g/mol. The summed E-state index contributed by atoms with van der Waals surface area (Å²) in [6.07, 6.45) is 0.588. The number of hydrogen-bond donors (Lipinski definition) is 3. The Bertz CT molecular complexity index is 507. The minimum atomic E-state index is -0.620. The maximum atomic E-state index is 13.6. The second-order valence-electron chi connectivity index (χ2n) is 6.27. The lowest BCUT2D eigenvalue weighted by Crippen LogP contribution is -2.42. The molecule has 22 heavy (non-hydrogen) atoms. The van der Waals surface area contributed by atoms with Crippen molar-refractivity contribution in [2.24, 2.45) is 5.41 Å². The van der Waals surface area contributed by atoms with Crippen LogP contribution < -0.4 is 10.6 Å². The summed E-state index contributed by atoms with van der Waals surface area (Å²) in [5, 5.41) is 14.3. The number of rotatable bonds is 7. The fourth-order valence-corrected chi connectivity index (χ4v) is 2.03. The third kappa shape index (κ3) is 5.97. The fraction of sp³-hybridized carbons (Fsp3) is 0.562. The summed E-state index contributed by atoms with van der Waals surface area (Å²) in [5.41, 5.74) is 0.170. The van der Waals surface area contributed by atoms with Gasteiger partial charge >= 0.3 is 6.03 Å². The standard InChI is InChI=1S/C16H24F2N2O2/c1-11(13-5-4-12(17)8-14(13)18)9-19-15(22)20-10-16(2,3)6-7-21/h4-5,8,11,21H,6-7,9-10H2,1-3H3,(H2,19,20,22). The Labute approximate surface area is 129 Å². The summed E-state index contributed by atoms with van der Waals surface area (Å²) >= 11 is 0. The van der Waals surface area contributed by atoms with Crippen LogP contribution in [0.25, 0.3) is 0 Å². The Balaban J connectivity index is 2.43. The van der Waals surface area contributed by atoms with Gasteiger partial charge in [-0.15, -0.1) is 0 Å². The van der Waals surface area contributed by atoms with Gasteiger partial charge in [0.1, 0.15) is 11.6 Å². The largest absolute Gasteiger partial charge is 0.396 e. The Morgan fingerprint density at radius 2 is 2.00 bits per heavy atom. The first-order chi connectivity index (χ1) is 10.2. The van der Waals surface area contributed by atoms with E-state index in [9.17, 15) is 13.6 Å². The first-order valence-corrected chi connectivity index (χ1v) is 7.32. The number of nitrogens with one attached hydrogen (secondary N) is 2. The SMILES string of the molecule is CC(CNC(=O)NCC(C)(C)CCO)c1ccc(F)cc1F. The predicted octanol–water partition coefficient (Wildman–Crippen LogP) is 2.78. The fourth-order valence-electron chi connectivity index (χ4n) is 2.03. The molecule has 0 aliphatic carbocycles. The van der Waals surface area contributed by atoms with Gasteiger partial charge in [0.15, 0.2) is 0 Å². The van der Waals surface area contributed by atoms with Crippen molar-refractivity contribution in [2.45, 2.75) is 33.1 Å². The molecule has 124 valence electrons. The molecule has 0 saturated heterocycles. The molecule has 1 rings (SSSR count). The third-order valence-corrected chi connectivity index (χ3v) is 3.58. The van der Waals surface area contributed by atoms with E-state index in [1.807, 2.05) is 13.8 Å². The molecule has 1 aromatic carbocycles. The molecule has 1 unspecified atom stereocenters. The van der Waals surface area contributed by atoms with Gasteiger partial charge in [0.05, 0.1) is 0 Å². The van der Waals surface area contributed by atoms with Gasteiger partial charge in [-0.25, -0.2) is 13.6 Å². The number of carbonyl (C=O) groups is 1. The van der Waals surface area contributed by atoms with Crippen molar-refractivity contribution in [1.82, 2.24) is 10.6 Å². The van der Waals surface area contributed by atoms with Crippen LogP contribution in [0.3, 0.4) is 0 Å². The number of carbonyl (C=O) groups excluding carboxylic acids is 1. The van der Waals surface area contributed by atoms with E-state index >= 15 is 0 Å². The molecule has 0 heterocycles. The van der Waals surface area contributed by atoms with E-state index in [-0.39, 0.29) is 30.5 Å². The van der Waals surface area contributed by atoms with Gasteiger partial charge in [0, 0.05) is 31.7 Å². The Morgan fingerprint density at radius 3 is 2.59 bits per heavy atom. The van der Waals surface area contributed by atoms with Crippen LogP contribution in [0.2, 0.25) is 0 Å². The molecule has 6 heteroatoms. The van der Waals surface area contributed by atoms with Gasteiger partial charge in [-0.2, -0.15) is 0 Å². The first kappa shape index (κ1) is 18.4. The number of aliphatic hydroxyl groups excluding tert-OH is 1. The lowest BCUT2D eigenvalue weighted by atomic mass is 9.90. The van der Waals surface area contributed by atoms with E-state index < -0.39 is 11.6 Å². The zero-order valence-corrected chi connectivity index (χ0v) is 13.2. The first-order valence-electron chi connectivity index (χ1n) is 7.32. The van der Waals surface area contributed by atoms with Crippen LogP contribution in [0.1, 0.15) is 38.7 Å². The Hall–Kier alpha value is -1.69. The van der Waals surface area contributed by atoms with Crippen LogP contribution >= 0.6 is 0 Å². The highest BCUT2D eigenvalue weighted by molar-refractivity contribution is 5.73. The Kier molecular flexibility index (Phi) is 6.74. The van der Waals surface area contributed by atoms with Gasteiger partial charge in [0.2, 0.25) is 0 Å². The average molecular weight is 314 g/mol. The highest BCUT2D eigenvalue weighted by atomic mass is 19.1. The van der Waals surface area contributed by atoms with Crippen LogP contribution in [0, 0.1) is 17.0 Å². The molecule has 0 aromatic heterocycles. The maximum Gasteiger partial charge on any atom is 0.314 e. The van der Waals surface area contributed by atoms with Crippen LogP contribution in [-0.4, -0.2) is 30.8 Å². The maximum absolute atomic E-state index is 13.6.